The van der Waals surface area contributed by atoms with E-state index in [1.54, 1.807) is 12.1 Å². The summed E-state index contributed by atoms with van der Waals surface area (Å²) in [5.41, 5.74) is 7.67. The summed E-state index contributed by atoms with van der Waals surface area (Å²) in [7, 11) is 0. The summed E-state index contributed by atoms with van der Waals surface area (Å²) in [6.07, 6.45) is 0. The first-order chi connectivity index (χ1) is 7.70. The van der Waals surface area contributed by atoms with Gasteiger partial charge in [0.1, 0.15) is 5.82 Å². The summed E-state index contributed by atoms with van der Waals surface area (Å²) < 4.78 is 0. The number of carbonyl (C=O) groups is 1. The number of hydrogen-bond acceptors (Lipinski definition) is 3. The Kier molecular flexibility index (Phi) is 2.87. The predicted octanol–water partition coefficient (Wildman–Crippen LogP) is 0.560. The maximum Gasteiger partial charge on any atom is 0.251 e. The molecule has 0 atom stereocenters. The molecule has 1 aromatic carbocycles. The third-order valence-electron chi connectivity index (χ3n) is 2.29. The van der Waals surface area contributed by atoms with E-state index in [4.69, 9.17) is 5.73 Å². The summed E-state index contributed by atoms with van der Waals surface area (Å²) in [5, 5.41) is 2.72. The zero-order valence-electron chi connectivity index (χ0n) is 9.08. The molecular weight excluding hydrogens is 204 g/mol. The van der Waals surface area contributed by atoms with E-state index in [1.807, 2.05) is 13.0 Å². The van der Waals surface area contributed by atoms with Crippen molar-refractivity contribution in [3.05, 3.63) is 29.6 Å². The fraction of sp³-hybridized carbons (Fsp3) is 0.273. The van der Waals surface area contributed by atoms with E-state index in [0.717, 1.165) is 16.9 Å². The van der Waals surface area contributed by atoms with Crippen LogP contribution in [0.3, 0.4) is 0 Å². The van der Waals surface area contributed by atoms with E-state index < -0.39 is 0 Å². The minimum Gasteiger partial charge on any atom is -0.351 e. The van der Waals surface area contributed by atoms with Crippen LogP contribution in [-0.2, 0) is 0 Å². The van der Waals surface area contributed by atoms with Crippen molar-refractivity contribution in [3.8, 4) is 0 Å². The van der Waals surface area contributed by atoms with Crippen LogP contribution in [0.25, 0.3) is 11.0 Å². The monoisotopic (exact) mass is 218 g/mol. The molecule has 0 spiro atoms. The maximum atomic E-state index is 11.7. The molecule has 0 saturated heterocycles. The van der Waals surface area contributed by atoms with Crippen molar-refractivity contribution in [2.75, 3.05) is 13.1 Å². The molecular formula is C11H14N4O. The maximum absolute atomic E-state index is 11.7. The highest BCUT2D eigenvalue weighted by molar-refractivity contribution is 5.97. The van der Waals surface area contributed by atoms with E-state index in [9.17, 15) is 4.79 Å². The average molecular weight is 218 g/mol. The number of aromatic nitrogens is 2. The van der Waals surface area contributed by atoms with Gasteiger partial charge in [0, 0.05) is 18.7 Å². The van der Waals surface area contributed by atoms with Crippen molar-refractivity contribution in [1.29, 1.82) is 0 Å². The fourth-order valence-corrected chi connectivity index (χ4v) is 1.57. The van der Waals surface area contributed by atoms with Gasteiger partial charge in [-0.1, -0.05) is 0 Å². The summed E-state index contributed by atoms with van der Waals surface area (Å²) in [6, 6.07) is 5.38. The molecule has 2 rings (SSSR count). The van der Waals surface area contributed by atoms with Crippen molar-refractivity contribution in [2.45, 2.75) is 6.92 Å². The molecule has 0 saturated carbocycles. The number of imidazole rings is 1. The van der Waals surface area contributed by atoms with Crippen molar-refractivity contribution >= 4 is 16.9 Å². The highest BCUT2D eigenvalue weighted by Gasteiger charge is 2.06. The van der Waals surface area contributed by atoms with Crippen molar-refractivity contribution in [2.24, 2.45) is 5.73 Å². The lowest BCUT2D eigenvalue weighted by Crippen LogP contribution is -2.28. The van der Waals surface area contributed by atoms with Crippen LogP contribution in [-0.4, -0.2) is 29.0 Å². The number of nitrogens with one attached hydrogen (secondary N) is 2. The van der Waals surface area contributed by atoms with Crippen LogP contribution in [0.4, 0.5) is 0 Å². The number of aromatic amines is 1. The molecule has 16 heavy (non-hydrogen) atoms. The van der Waals surface area contributed by atoms with Gasteiger partial charge in [0.2, 0.25) is 0 Å². The third-order valence-corrected chi connectivity index (χ3v) is 2.29. The number of carbonyl (C=O) groups excluding carboxylic acids is 1. The smallest absolute Gasteiger partial charge is 0.251 e. The van der Waals surface area contributed by atoms with Crippen LogP contribution in [0.15, 0.2) is 18.2 Å². The van der Waals surface area contributed by atoms with Crippen molar-refractivity contribution in [3.63, 3.8) is 0 Å². The number of benzene rings is 1. The quantitative estimate of drug-likeness (QED) is 0.703. The molecule has 4 N–H and O–H groups in total. The second kappa shape index (κ2) is 4.32. The van der Waals surface area contributed by atoms with Gasteiger partial charge in [-0.15, -0.1) is 0 Å². The van der Waals surface area contributed by atoms with Crippen molar-refractivity contribution < 1.29 is 4.79 Å². The van der Waals surface area contributed by atoms with Gasteiger partial charge in [-0.3, -0.25) is 4.79 Å². The molecule has 5 nitrogen and oxygen atoms in total. The lowest BCUT2D eigenvalue weighted by Gasteiger charge is -2.02. The highest BCUT2D eigenvalue weighted by Crippen LogP contribution is 2.13. The van der Waals surface area contributed by atoms with E-state index >= 15 is 0 Å². The van der Waals surface area contributed by atoms with Gasteiger partial charge < -0.3 is 16.0 Å². The summed E-state index contributed by atoms with van der Waals surface area (Å²) in [4.78, 5) is 19.0. The molecule has 0 unspecified atom stereocenters. The Bertz CT molecular complexity index is 518. The van der Waals surface area contributed by atoms with E-state index in [1.165, 1.54) is 0 Å². The normalized spacial score (nSPS) is 10.6. The fourth-order valence-electron chi connectivity index (χ4n) is 1.57. The van der Waals surface area contributed by atoms with Crippen LogP contribution in [0.5, 0.6) is 0 Å². The molecule has 0 aliphatic rings. The van der Waals surface area contributed by atoms with Gasteiger partial charge in [0.25, 0.3) is 5.91 Å². The Labute approximate surface area is 93.1 Å². The number of nitrogens with zero attached hydrogens (tertiary/aromatic N) is 1. The molecule has 2 aromatic rings. The van der Waals surface area contributed by atoms with Gasteiger partial charge in [-0.05, 0) is 25.1 Å². The first-order valence-electron chi connectivity index (χ1n) is 5.15. The van der Waals surface area contributed by atoms with Crippen LogP contribution in [0.1, 0.15) is 16.2 Å². The second-order valence-corrected chi connectivity index (χ2v) is 3.60. The first-order valence-corrected chi connectivity index (χ1v) is 5.15. The molecule has 5 heteroatoms. The average Bonchev–Trinajstić information content (AvgIpc) is 2.64. The number of fused-ring (bicyclic) bond motifs is 1. The Morgan fingerprint density at radius 2 is 2.38 bits per heavy atom. The van der Waals surface area contributed by atoms with E-state index in [-0.39, 0.29) is 5.91 Å². The van der Waals surface area contributed by atoms with Crippen LogP contribution < -0.4 is 11.1 Å². The van der Waals surface area contributed by atoms with E-state index in [0.29, 0.717) is 18.7 Å². The lowest BCUT2D eigenvalue weighted by molar-refractivity contribution is 0.0955. The van der Waals surface area contributed by atoms with E-state index in [2.05, 4.69) is 15.3 Å². The van der Waals surface area contributed by atoms with Crippen LogP contribution in [0, 0.1) is 6.92 Å². The number of H-pyrrole nitrogens is 1. The van der Waals surface area contributed by atoms with Gasteiger partial charge in [-0.2, -0.15) is 0 Å². The largest absolute Gasteiger partial charge is 0.351 e. The summed E-state index contributed by atoms with van der Waals surface area (Å²) in [5.74, 6) is 0.731. The zero-order chi connectivity index (χ0) is 11.5. The van der Waals surface area contributed by atoms with Crippen molar-refractivity contribution in [1.82, 2.24) is 15.3 Å². The molecule has 0 aliphatic carbocycles. The molecule has 0 fully saturated rings. The Balaban J connectivity index is 2.28. The van der Waals surface area contributed by atoms with Crippen LogP contribution in [0.2, 0.25) is 0 Å². The summed E-state index contributed by atoms with van der Waals surface area (Å²) in [6.45, 7) is 2.81. The van der Waals surface area contributed by atoms with Crippen LogP contribution >= 0.6 is 0 Å². The number of rotatable bonds is 3. The Morgan fingerprint density at radius 3 is 3.12 bits per heavy atom. The minimum atomic E-state index is -0.111. The molecule has 1 aromatic heterocycles. The highest BCUT2D eigenvalue weighted by atomic mass is 16.1. The molecule has 0 radical (unpaired) electrons. The molecule has 1 amide bonds. The first kappa shape index (κ1) is 10.6. The minimum absolute atomic E-state index is 0.111. The number of aryl methyl sites for hydroxylation is 1. The molecule has 84 valence electrons. The lowest BCUT2D eigenvalue weighted by atomic mass is 10.2. The van der Waals surface area contributed by atoms with Gasteiger partial charge in [-0.25, -0.2) is 4.98 Å². The molecule has 0 bridgehead atoms. The van der Waals surface area contributed by atoms with Gasteiger partial charge >= 0.3 is 0 Å². The predicted molar refractivity (Wildman–Crippen MR) is 62.2 cm³/mol. The third kappa shape index (κ3) is 2.04. The number of amides is 1. The summed E-state index contributed by atoms with van der Waals surface area (Å²) >= 11 is 0. The Hall–Kier alpha value is -1.88. The topological polar surface area (TPSA) is 83.8 Å². The molecule has 1 heterocycles. The molecule has 0 aliphatic heterocycles. The van der Waals surface area contributed by atoms with Gasteiger partial charge in [0.15, 0.2) is 0 Å². The standard InChI is InChI=1S/C11H14N4O/c1-7-14-9-3-2-8(6-10(9)15-7)11(16)13-5-4-12/h2-3,6H,4-5,12H2,1H3,(H,13,16)(H,14,15). The zero-order valence-corrected chi connectivity index (χ0v) is 9.08. The second-order valence-electron chi connectivity index (χ2n) is 3.60. The Morgan fingerprint density at radius 1 is 1.56 bits per heavy atom. The van der Waals surface area contributed by atoms with Gasteiger partial charge in [0.05, 0.1) is 11.0 Å². The number of nitrogens with two attached hydrogens (primary N) is 1. The number of hydrogen-bond donors (Lipinski definition) is 3. The SMILES string of the molecule is Cc1nc2ccc(C(=O)NCCN)cc2[nH]1.